The fraction of sp³-hybridized carbons (Fsp3) is 0.353. The zero-order chi connectivity index (χ0) is 15.3. The van der Waals surface area contributed by atoms with Crippen LogP contribution in [0.25, 0.3) is 11.1 Å². The largest absolute Gasteiger partial charge is 0.352 e. The topological polar surface area (TPSA) is 32.3 Å². The molecule has 2 aliphatic rings. The van der Waals surface area contributed by atoms with Crippen LogP contribution in [0, 0.1) is 5.92 Å². The van der Waals surface area contributed by atoms with E-state index in [1.54, 1.807) is 0 Å². The number of hydrogen-bond acceptors (Lipinski definition) is 3. The minimum Gasteiger partial charge on any atom is -0.352 e. The lowest BCUT2D eigenvalue weighted by atomic mass is 9.86. The minimum atomic E-state index is 0.0419. The first kappa shape index (κ1) is 14.2. The van der Waals surface area contributed by atoms with Gasteiger partial charge in [-0.05, 0) is 41.6 Å². The van der Waals surface area contributed by atoms with Crippen LogP contribution in [0.2, 0.25) is 4.34 Å². The van der Waals surface area contributed by atoms with E-state index in [0.29, 0.717) is 11.8 Å². The van der Waals surface area contributed by atoms with Crippen LogP contribution in [0.1, 0.15) is 21.8 Å². The highest BCUT2D eigenvalue weighted by Crippen LogP contribution is 2.39. The van der Waals surface area contributed by atoms with E-state index in [4.69, 9.17) is 11.6 Å². The summed E-state index contributed by atoms with van der Waals surface area (Å²) in [5.74, 6) is 0.983. The van der Waals surface area contributed by atoms with Crippen LogP contribution in [0.4, 0.5) is 0 Å². The van der Waals surface area contributed by atoms with Crippen molar-refractivity contribution in [3.05, 3.63) is 45.1 Å². The summed E-state index contributed by atoms with van der Waals surface area (Å²) in [6, 6.07) is 8.23. The van der Waals surface area contributed by atoms with Gasteiger partial charge in [0, 0.05) is 36.7 Å². The molecule has 0 aliphatic carbocycles. The Kier molecular flexibility index (Phi) is 3.48. The van der Waals surface area contributed by atoms with Crippen LogP contribution in [0.5, 0.6) is 0 Å². The van der Waals surface area contributed by atoms with Crippen LogP contribution in [-0.2, 0) is 0 Å². The highest BCUT2D eigenvalue weighted by atomic mass is 35.5. The normalized spacial score (nSPS) is 24.5. The highest BCUT2D eigenvalue weighted by Gasteiger charge is 2.36. The van der Waals surface area contributed by atoms with Crippen molar-refractivity contribution in [1.82, 2.24) is 10.2 Å². The van der Waals surface area contributed by atoms with Crippen molar-refractivity contribution in [2.45, 2.75) is 5.92 Å². The zero-order valence-electron chi connectivity index (χ0n) is 12.3. The molecule has 0 radical (unpaired) electrons. The van der Waals surface area contributed by atoms with Crippen LogP contribution < -0.4 is 5.32 Å². The molecule has 5 heteroatoms. The third kappa shape index (κ3) is 2.26. The van der Waals surface area contributed by atoms with Crippen molar-refractivity contribution in [3.8, 4) is 11.1 Å². The maximum atomic E-state index is 12.5. The SMILES string of the molecule is CN1C[C@H]2CNC(=O)c3cc(-c4ccsc4Cl)ccc3[C@@H]2C1. The van der Waals surface area contributed by atoms with E-state index in [0.717, 1.165) is 40.7 Å². The summed E-state index contributed by atoms with van der Waals surface area (Å²) in [7, 11) is 2.15. The van der Waals surface area contributed by atoms with E-state index in [1.165, 1.54) is 16.9 Å². The first-order valence-electron chi connectivity index (χ1n) is 7.47. The van der Waals surface area contributed by atoms with Gasteiger partial charge in [-0.1, -0.05) is 23.7 Å². The standard InChI is InChI=1S/C17H17ClN2OS/c1-20-8-11-7-19-17(21)14-6-10(12-4-5-22-16(12)18)2-3-13(14)15(11)9-20/h2-6,11,15H,7-9H2,1H3,(H,19,21)/t11-,15-/m1/s1. The smallest absolute Gasteiger partial charge is 0.251 e. The van der Waals surface area contributed by atoms with E-state index in [-0.39, 0.29) is 5.91 Å². The molecular formula is C17H17ClN2OS. The molecule has 1 saturated heterocycles. The van der Waals surface area contributed by atoms with Gasteiger partial charge in [-0.2, -0.15) is 0 Å². The van der Waals surface area contributed by atoms with Gasteiger partial charge in [0.1, 0.15) is 4.34 Å². The predicted octanol–water partition coefficient (Wildman–Crippen LogP) is 3.46. The Morgan fingerprint density at radius 1 is 1.27 bits per heavy atom. The molecule has 0 saturated carbocycles. The van der Waals surface area contributed by atoms with E-state index in [9.17, 15) is 4.79 Å². The van der Waals surface area contributed by atoms with Crippen molar-refractivity contribution >= 4 is 28.8 Å². The van der Waals surface area contributed by atoms with Crippen molar-refractivity contribution in [2.24, 2.45) is 5.92 Å². The van der Waals surface area contributed by atoms with Gasteiger partial charge in [0.05, 0.1) is 0 Å². The summed E-state index contributed by atoms with van der Waals surface area (Å²) in [5, 5.41) is 5.06. The Bertz CT molecular complexity index is 742. The quantitative estimate of drug-likeness (QED) is 0.867. The summed E-state index contributed by atoms with van der Waals surface area (Å²) in [5.41, 5.74) is 4.01. The van der Waals surface area contributed by atoms with Crippen LogP contribution in [0.3, 0.4) is 0 Å². The summed E-state index contributed by atoms with van der Waals surface area (Å²) in [6.45, 7) is 2.82. The van der Waals surface area contributed by atoms with E-state index in [1.807, 2.05) is 17.5 Å². The molecular weight excluding hydrogens is 316 g/mol. The number of fused-ring (bicyclic) bond motifs is 3. The van der Waals surface area contributed by atoms with E-state index >= 15 is 0 Å². The molecule has 22 heavy (non-hydrogen) atoms. The first-order chi connectivity index (χ1) is 10.6. The molecule has 2 aromatic rings. The number of nitrogens with zero attached hydrogens (tertiary/aromatic N) is 1. The number of halogens is 1. The van der Waals surface area contributed by atoms with Gasteiger partial charge in [0.15, 0.2) is 0 Å². The average Bonchev–Trinajstić information content (AvgIpc) is 3.07. The number of likely N-dealkylation sites (tertiary alicyclic amines) is 1. The number of thiophene rings is 1. The molecule has 3 heterocycles. The third-order valence-corrected chi connectivity index (χ3v) is 5.94. The number of benzene rings is 1. The molecule has 2 aliphatic heterocycles. The molecule has 0 bridgehead atoms. The second kappa shape index (κ2) is 5.37. The van der Waals surface area contributed by atoms with Gasteiger partial charge < -0.3 is 10.2 Å². The number of nitrogens with one attached hydrogen (secondary N) is 1. The second-order valence-corrected chi connectivity index (χ2v) is 7.73. The van der Waals surface area contributed by atoms with Crippen molar-refractivity contribution in [1.29, 1.82) is 0 Å². The second-order valence-electron chi connectivity index (χ2n) is 6.21. The summed E-state index contributed by atoms with van der Waals surface area (Å²) in [4.78, 5) is 14.8. The lowest BCUT2D eigenvalue weighted by Crippen LogP contribution is -2.29. The van der Waals surface area contributed by atoms with Gasteiger partial charge >= 0.3 is 0 Å². The molecule has 0 unspecified atom stereocenters. The van der Waals surface area contributed by atoms with Crippen LogP contribution in [-0.4, -0.2) is 37.5 Å². The Hall–Kier alpha value is -1.36. The predicted molar refractivity (Wildman–Crippen MR) is 90.8 cm³/mol. The summed E-state index contributed by atoms with van der Waals surface area (Å²) < 4.78 is 0.771. The monoisotopic (exact) mass is 332 g/mol. The number of rotatable bonds is 1. The maximum Gasteiger partial charge on any atom is 0.251 e. The summed E-state index contributed by atoms with van der Waals surface area (Å²) in [6.07, 6.45) is 0. The Labute approximate surface area is 138 Å². The molecule has 114 valence electrons. The fourth-order valence-electron chi connectivity index (χ4n) is 3.71. The molecule has 1 aromatic heterocycles. The molecule has 2 atom stereocenters. The summed E-state index contributed by atoms with van der Waals surface area (Å²) >= 11 is 7.76. The average molecular weight is 333 g/mol. The van der Waals surface area contributed by atoms with Crippen molar-refractivity contribution in [2.75, 3.05) is 26.7 Å². The number of carbonyl (C=O) groups is 1. The number of carbonyl (C=O) groups excluding carboxylic acids is 1. The zero-order valence-corrected chi connectivity index (χ0v) is 13.9. The first-order valence-corrected chi connectivity index (χ1v) is 8.73. The minimum absolute atomic E-state index is 0.0419. The third-order valence-electron chi connectivity index (χ3n) is 4.77. The van der Waals surface area contributed by atoms with Crippen LogP contribution >= 0.6 is 22.9 Å². The maximum absolute atomic E-state index is 12.5. The highest BCUT2D eigenvalue weighted by molar-refractivity contribution is 7.15. The lowest BCUT2D eigenvalue weighted by Gasteiger charge is -2.16. The van der Waals surface area contributed by atoms with Gasteiger partial charge in [-0.25, -0.2) is 0 Å². The van der Waals surface area contributed by atoms with Gasteiger partial charge in [-0.15, -0.1) is 11.3 Å². The number of hydrogen-bond donors (Lipinski definition) is 1. The fourth-order valence-corrected chi connectivity index (χ4v) is 4.67. The lowest BCUT2D eigenvalue weighted by molar-refractivity contribution is 0.0951. The number of amides is 1. The van der Waals surface area contributed by atoms with Gasteiger partial charge in [-0.3, -0.25) is 4.79 Å². The molecule has 0 spiro atoms. The molecule has 1 amide bonds. The van der Waals surface area contributed by atoms with E-state index < -0.39 is 0 Å². The van der Waals surface area contributed by atoms with Crippen molar-refractivity contribution < 1.29 is 4.79 Å². The Balaban J connectivity index is 1.82. The Morgan fingerprint density at radius 3 is 2.91 bits per heavy atom. The van der Waals surface area contributed by atoms with Gasteiger partial charge in [0.25, 0.3) is 5.91 Å². The molecule has 1 aromatic carbocycles. The van der Waals surface area contributed by atoms with E-state index in [2.05, 4.69) is 29.4 Å². The van der Waals surface area contributed by atoms with Crippen LogP contribution in [0.15, 0.2) is 29.6 Å². The van der Waals surface area contributed by atoms with Crippen molar-refractivity contribution in [3.63, 3.8) is 0 Å². The molecule has 4 rings (SSSR count). The Morgan fingerprint density at radius 2 is 2.14 bits per heavy atom. The molecule has 3 nitrogen and oxygen atoms in total. The number of likely N-dealkylation sites (N-methyl/N-ethyl adjacent to an activating group) is 1. The molecule has 1 fully saturated rings. The molecule has 1 N–H and O–H groups in total. The van der Waals surface area contributed by atoms with Gasteiger partial charge in [0.2, 0.25) is 0 Å².